The van der Waals surface area contributed by atoms with E-state index in [0.717, 1.165) is 11.3 Å². The minimum absolute atomic E-state index is 0.0993. The SMILES string of the molecule is CC(Nc1cnn(-c2ccccc2)c(=O)c1Cl)c1ccccc1-n1cccn1. The second-order valence-corrected chi connectivity index (χ2v) is 6.68. The van der Waals surface area contributed by atoms with Crippen molar-refractivity contribution in [1.29, 1.82) is 0 Å². The lowest BCUT2D eigenvalue weighted by atomic mass is 10.1. The summed E-state index contributed by atoms with van der Waals surface area (Å²) in [5.41, 5.74) is 2.76. The van der Waals surface area contributed by atoms with Crippen molar-refractivity contribution in [2.75, 3.05) is 5.32 Å². The lowest BCUT2D eigenvalue weighted by molar-refractivity contribution is 0.792. The largest absolute Gasteiger partial charge is 0.376 e. The van der Waals surface area contributed by atoms with Crippen LogP contribution in [0.5, 0.6) is 0 Å². The summed E-state index contributed by atoms with van der Waals surface area (Å²) in [6.45, 7) is 2.00. The number of rotatable bonds is 5. The fourth-order valence-electron chi connectivity index (χ4n) is 3.07. The van der Waals surface area contributed by atoms with E-state index in [1.165, 1.54) is 4.68 Å². The van der Waals surface area contributed by atoms with Crippen molar-refractivity contribution in [3.63, 3.8) is 0 Å². The number of halogens is 1. The van der Waals surface area contributed by atoms with Crippen molar-refractivity contribution >= 4 is 17.3 Å². The second kappa shape index (κ2) is 7.70. The van der Waals surface area contributed by atoms with Gasteiger partial charge in [0.25, 0.3) is 5.56 Å². The molecule has 2 aromatic heterocycles. The summed E-state index contributed by atoms with van der Waals surface area (Å²) in [6, 6.07) is 18.9. The number of benzene rings is 2. The second-order valence-electron chi connectivity index (χ2n) is 6.30. The first-order valence-electron chi connectivity index (χ1n) is 8.84. The normalized spacial score (nSPS) is 11.9. The van der Waals surface area contributed by atoms with Crippen LogP contribution in [-0.2, 0) is 0 Å². The summed E-state index contributed by atoms with van der Waals surface area (Å²) in [7, 11) is 0. The molecule has 140 valence electrons. The molecule has 0 saturated heterocycles. The van der Waals surface area contributed by atoms with Crippen molar-refractivity contribution in [3.8, 4) is 11.4 Å². The summed E-state index contributed by atoms with van der Waals surface area (Å²) < 4.78 is 3.09. The summed E-state index contributed by atoms with van der Waals surface area (Å²) in [5, 5.41) is 12.0. The summed E-state index contributed by atoms with van der Waals surface area (Å²) in [6.07, 6.45) is 5.20. The predicted molar refractivity (Wildman–Crippen MR) is 110 cm³/mol. The predicted octanol–water partition coefficient (Wildman–Crippen LogP) is 4.24. The third-order valence-corrected chi connectivity index (χ3v) is 4.81. The third-order valence-electron chi connectivity index (χ3n) is 4.45. The van der Waals surface area contributed by atoms with Gasteiger partial charge in [0.1, 0.15) is 5.02 Å². The van der Waals surface area contributed by atoms with Gasteiger partial charge in [-0.25, -0.2) is 4.68 Å². The molecule has 6 nitrogen and oxygen atoms in total. The molecule has 0 aliphatic carbocycles. The van der Waals surface area contributed by atoms with Crippen molar-refractivity contribution < 1.29 is 0 Å². The maximum atomic E-state index is 12.7. The molecule has 0 saturated carbocycles. The van der Waals surface area contributed by atoms with Crippen molar-refractivity contribution in [3.05, 3.63) is 100 Å². The van der Waals surface area contributed by atoms with Gasteiger partial charge in [0.15, 0.2) is 0 Å². The molecule has 1 unspecified atom stereocenters. The van der Waals surface area contributed by atoms with E-state index in [4.69, 9.17) is 11.6 Å². The number of aromatic nitrogens is 4. The molecule has 0 radical (unpaired) electrons. The molecule has 4 rings (SSSR count). The van der Waals surface area contributed by atoms with E-state index < -0.39 is 0 Å². The number of para-hydroxylation sites is 2. The lowest BCUT2D eigenvalue weighted by Gasteiger charge is -2.19. The van der Waals surface area contributed by atoms with E-state index in [2.05, 4.69) is 15.5 Å². The van der Waals surface area contributed by atoms with E-state index in [0.29, 0.717) is 11.4 Å². The van der Waals surface area contributed by atoms with E-state index >= 15 is 0 Å². The first kappa shape index (κ1) is 18.0. The molecule has 28 heavy (non-hydrogen) atoms. The first-order valence-corrected chi connectivity index (χ1v) is 9.21. The molecular formula is C21H18ClN5O. The topological polar surface area (TPSA) is 64.7 Å². The highest BCUT2D eigenvalue weighted by Gasteiger charge is 2.16. The smallest absolute Gasteiger partial charge is 0.292 e. The molecule has 7 heteroatoms. The van der Waals surface area contributed by atoms with Crippen molar-refractivity contribution in [2.45, 2.75) is 13.0 Å². The first-order chi connectivity index (χ1) is 13.6. The van der Waals surface area contributed by atoms with Gasteiger partial charge in [0, 0.05) is 12.4 Å². The van der Waals surface area contributed by atoms with Crippen LogP contribution in [0, 0.1) is 0 Å². The highest BCUT2D eigenvalue weighted by atomic mass is 35.5. The maximum Gasteiger partial charge on any atom is 0.292 e. The van der Waals surface area contributed by atoms with Gasteiger partial charge in [0.2, 0.25) is 0 Å². The Hall–Kier alpha value is -3.38. The Balaban J connectivity index is 1.66. The average molecular weight is 392 g/mol. The zero-order valence-electron chi connectivity index (χ0n) is 15.2. The Morgan fingerprint density at radius 3 is 2.50 bits per heavy atom. The van der Waals surface area contributed by atoms with Gasteiger partial charge in [-0.05, 0) is 36.8 Å². The molecule has 4 aromatic rings. The minimum Gasteiger partial charge on any atom is -0.376 e. The average Bonchev–Trinajstić information content (AvgIpc) is 3.27. The van der Waals surface area contributed by atoms with Gasteiger partial charge < -0.3 is 5.32 Å². The maximum absolute atomic E-state index is 12.7. The van der Waals surface area contributed by atoms with Crippen LogP contribution in [0.15, 0.2) is 84.0 Å². The molecule has 2 aromatic carbocycles. The highest BCUT2D eigenvalue weighted by molar-refractivity contribution is 6.33. The van der Waals surface area contributed by atoms with Crippen LogP contribution in [0.2, 0.25) is 5.02 Å². The van der Waals surface area contributed by atoms with Crippen LogP contribution in [0.4, 0.5) is 5.69 Å². The summed E-state index contributed by atoms with van der Waals surface area (Å²) in [5.74, 6) is 0. The Kier molecular flexibility index (Phi) is 4.95. The number of anilines is 1. The van der Waals surface area contributed by atoms with Gasteiger partial charge in [-0.2, -0.15) is 14.9 Å². The van der Waals surface area contributed by atoms with Crippen LogP contribution in [0.25, 0.3) is 11.4 Å². The van der Waals surface area contributed by atoms with Crippen LogP contribution in [-0.4, -0.2) is 19.6 Å². The summed E-state index contributed by atoms with van der Waals surface area (Å²) >= 11 is 6.37. The molecule has 0 aliphatic rings. The molecule has 0 bridgehead atoms. The Morgan fingerprint density at radius 1 is 1.00 bits per heavy atom. The van der Waals surface area contributed by atoms with Crippen LogP contribution in [0.3, 0.4) is 0 Å². The van der Waals surface area contributed by atoms with Crippen molar-refractivity contribution in [1.82, 2.24) is 19.6 Å². The van der Waals surface area contributed by atoms with Gasteiger partial charge in [-0.15, -0.1) is 0 Å². The van der Waals surface area contributed by atoms with E-state index in [1.54, 1.807) is 29.2 Å². The van der Waals surface area contributed by atoms with Gasteiger partial charge in [-0.1, -0.05) is 48.0 Å². The zero-order valence-corrected chi connectivity index (χ0v) is 15.9. The molecule has 0 fully saturated rings. The molecular weight excluding hydrogens is 374 g/mol. The van der Waals surface area contributed by atoms with Gasteiger partial charge >= 0.3 is 0 Å². The Morgan fingerprint density at radius 2 is 1.75 bits per heavy atom. The fourth-order valence-corrected chi connectivity index (χ4v) is 3.25. The highest BCUT2D eigenvalue weighted by Crippen LogP contribution is 2.27. The van der Waals surface area contributed by atoms with Crippen molar-refractivity contribution in [2.24, 2.45) is 0 Å². The Labute approximate surface area is 167 Å². The number of nitrogens with zero attached hydrogens (tertiary/aromatic N) is 4. The minimum atomic E-state index is -0.370. The Bertz CT molecular complexity index is 1140. The number of nitrogens with one attached hydrogen (secondary N) is 1. The third kappa shape index (κ3) is 3.42. The molecule has 2 heterocycles. The lowest BCUT2D eigenvalue weighted by Crippen LogP contribution is -2.23. The number of hydrogen-bond acceptors (Lipinski definition) is 4. The van der Waals surface area contributed by atoms with E-state index in [9.17, 15) is 4.79 Å². The van der Waals surface area contributed by atoms with Crippen LogP contribution in [0.1, 0.15) is 18.5 Å². The molecule has 1 atom stereocenters. The van der Waals surface area contributed by atoms with Crippen LogP contribution < -0.4 is 10.9 Å². The van der Waals surface area contributed by atoms with E-state index in [-0.39, 0.29) is 16.6 Å². The molecule has 0 spiro atoms. The zero-order chi connectivity index (χ0) is 19.5. The van der Waals surface area contributed by atoms with Crippen LogP contribution >= 0.6 is 11.6 Å². The van der Waals surface area contributed by atoms with E-state index in [1.807, 2.05) is 61.7 Å². The quantitative estimate of drug-likeness (QED) is 0.552. The molecule has 1 N–H and O–H groups in total. The molecule has 0 aliphatic heterocycles. The standard InChI is InChI=1S/C21H18ClN5O/c1-15(17-10-5-6-11-19(17)26-13-7-12-23-26)25-18-14-24-27(21(28)20(18)22)16-8-3-2-4-9-16/h2-15,25H,1H3. The molecule has 0 amide bonds. The fraction of sp³-hybridized carbons (Fsp3) is 0.0952. The van der Waals surface area contributed by atoms with Gasteiger partial charge in [-0.3, -0.25) is 4.79 Å². The summed E-state index contributed by atoms with van der Waals surface area (Å²) in [4.78, 5) is 12.7. The van der Waals surface area contributed by atoms with Gasteiger partial charge in [0.05, 0.1) is 29.3 Å². The monoisotopic (exact) mass is 391 g/mol. The number of hydrogen-bond donors (Lipinski definition) is 1.